The number of rotatable bonds is 3. The first kappa shape index (κ1) is 11.6. The minimum atomic E-state index is -0.425. The highest BCUT2D eigenvalue weighted by Gasteiger charge is 2.18. The van der Waals surface area contributed by atoms with Crippen LogP contribution in [0.15, 0.2) is 47.1 Å². The molecule has 0 radical (unpaired) electrons. The van der Waals surface area contributed by atoms with E-state index < -0.39 is 6.04 Å². The van der Waals surface area contributed by atoms with Crippen LogP contribution in [0.1, 0.15) is 17.5 Å². The van der Waals surface area contributed by atoms with Crippen LogP contribution < -0.4 is 5.73 Å². The molecule has 1 atom stereocenters. The van der Waals surface area contributed by atoms with Gasteiger partial charge in [0.15, 0.2) is 0 Å². The van der Waals surface area contributed by atoms with E-state index in [1.54, 1.807) is 4.68 Å². The summed E-state index contributed by atoms with van der Waals surface area (Å²) in [5, 5.41) is 8.12. The Morgan fingerprint density at radius 3 is 2.68 bits per heavy atom. The van der Waals surface area contributed by atoms with E-state index in [0.717, 1.165) is 5.56 Å². The highest BCUT2D eigenvalue weighted by molar-refractivity contribution is 5.47. The molecule has 2 aromatic heterocycles. The molecule has 0 bridgehead atoms. The molecule has 0 aliphatic carbocycles. The van der Waals surface area contributed by atoms with Gasteiger partial charge in [0.25, 0.3) is 0 Å². The highest BCUT2D eigenvalue weighted by atomic mass is 16.5. The summed E-state index contributed by atoms with van der Waals surface area (Å²) in [6.07, 6.45) is 1.82. The summed E-state index contributed by atoms with van der Waals surface area (Å²) in [7, 11) is 1.83. The lowest BCUT2D eigenvalue weighted by Gasteiger charge is -2.05. The van der Waals surface area contributed by atoms with Crippen molar-refractivity contribution in [3.8, 4) is 11.5 Å². The zero-order valence-corrected chi connectivity index (χ0v) is 10.4. The third kappa shape index (κ3) is 2.25. The molecule has 0 aliphatic rings. The van der Waals surface area contributed by atoms with Crippen molar-refractivity contribution in [1.29, 1.82) is 0 Å². The standard InChI is InChI=1S/C13H13N5O/c1-18-8-7-10(16-18)12-15-13(19-17-12)11(14)9-5-3-2-4-6-9/h2-8,11H,14H2,1H3. The summed E-state index contributed by atoms with van der Waals surface area (Å²) in [5.74, 6) is 0.828. The van der Waals surface area contributed by atoms with Crippen LogP contribution in [0, 0.1) is 0 Å². The van der Waals surface area contributed by atoms with Crippen molar-refractivity contribution in [2.45, 2.75) is 6.04 Å². The molecule has 0 amide bonds. The first-order valence-electron chi connectivity index (χ1n) is 5.88. The Kier molecular flexibility index (Phi) is 2.85. The van der Waals surface area contributed by atoms with Gasteiger partial charge in [0.2, 0.25) is 11.7 Å². The van der Waals surface area contributed by atoms with E-state index in [0.29, 0.717) is 17.4 Å². The van der Waals surface area contributed by atoms with Crippen LogP contribution in [0.25, 0.3) is 11.5 Å². The van der Waals surface area contributed by atoms with Crippen molar-refractivity contribution in [3.63, 3.8) is 0 Å². The number of nitrogens with two attached hydrogens (primary N) is 1. The van der Waals surface area contributed by atoms with Crippen LogP contribution >= 0.6 is 0 Å². The molecule has 3 aromatic rings. The predicted molar refractivity (Wildman–Crippen MR) is 69.0 cm³/mol. The number of nitrogens with zero attached hydrogens (tertiary/aromatic N) is 4. The second-order valence-corrected chi connectivity index (χ2v) is 4.22. The zero-order chi connectivity index (χ0) is 13.2. The third-order valence-corrected chi connectivity index (χ3v) is 2.81. The maximum Gasteiger partial charge on any atom is 0.248 e. The summed E-state index contributed by atoms with van der Waals surface area (Å²) < 4.78 is 6.89. The quantitative estimate of drug-likeness (QED) is 0.767. The molecule has 6 nitrogen and oxygen atoms in total. The molecule has 0 saturated carbocycles. The van der Waals surface area contributed by atoms with Gasteiger partial charge in [0.1, 0.15) is 11.7 Å². The van der Waals surface area contributed by atoms with Gasteiger partial charge in [0, 0.05) is 13.2 Å². The van der Waals surface area contributed by atoms with Gasteiger partial charge in [-0.25, -0.2) is 0 Å². The molecule has 19 heavy (non-hydrogen) atoms. The maximum atomic E-state index is 6.09. The van der Waals surface area contributed by atoms with Crippen molar-refractivity contribution in [2.75, 3.05) is 0 Å². The Labute approximate surface area is 109 Å². The fraction of sp³-hybridized carbons (Fsp3) is 0.154. The van der Waals surface area contributed by atoms with E-state index in [-0.39, 0.29) is 0 Å². The molecule has 2 N–H and O–H groups in total. The van der Waals surface area contributed by atoms with Gasteiger partial charge in [-0.1, -0.05) is 35.5 Å². The van der Waals surface area contributed by atoms with Crippen LogP contribution in [0.3, 0.4) is 0 Å². The minimum absolute atomic E-state index is 0.381. The topological polar surface area (TPSA) is 82.8 Å². The monoisotopic (exact) mass is 255 g/mol. The zero-order valence-electron chi connectivity index (χ0n) is 10.4. The van der Waals surface area contributed by atoms with E-state index in [4.69, 9.17) is 10.3 Å². The fourth-order valence-electron chi connectivity index (χ4n) is 1.80. The second kappa shape index (κ2) is 4.66. The molecular formula is C13H13N5O. The number of aryl methyl sites for hydroxylation is 1. The summed E-state index contributed by atoms with van der Waals surface area (Å²) in [5.41, 5.74) is 7.69. The maximum absolute atomic E-state index is 6.09. The lowest BCUT2D eigenvalue weighted by molar-refractivity contribution is 0.367. The van der Waals surface area contributed by atoms with E-state index in [9.17, 15) is 0 Å². The average molecular weight is 255 g/mol. The van der Waals surface area contributed by atoms with Crippen LogP contribution in [-0.2, 0) is 7.05 Å². The number of aromatic nitrogens is 4. The minimum Gasteiger partial charge on any atom is -0.337 e. The molecule has 2 heterocycles. The van der Waals surface area contributed by atoms with Gasteiger partial charge in [-0.05, 0) is 11.6 Å². The molecule has 0 spiro atoms. The fourth-order valence-corrected chi connectivity index (χ4v) is 1.80. The first-order chi connectivity index (χ1) is 9.24. The van der Waals surface area contributed by atoms with Gasteiger partial charge < -0.3 is 10.3 Å². The van der Waals surface area contributed by atoms with Crippen molar-refractivity contribution in [2.24, 2.45) is 12.8 Å². The van der Waals surface area contributed by atoms with E-state index in [2.05, 4.69) is 15.2 Å². The van der Waals surface area contributed by atoms with E-state index in [1.807, 2.05) is 49.6 Å². The van der Waals surface area contributed by atoms with Crippen LogP contribution in [0.2, 0.25) is 0 Å². The van der Waals surface area contributed by atoms with Crippen LogP contribution in [-0.4, -0.2) is 19.9 Å². The molecule has 1 unspecified atom stereocenters. The Balaban J connectivity index is 1.89. The Morgan fingerprint density at radius 1 is 1.21 bits per heavy atom. The summed E-state index contributed by atoms with van der Waals surface area (Å²) in [6.45, 7) is 0. The summed E-state index contributed by atoms with van der Waals surface area (Å²) in [6, 6.07) is 11.0. The molecule has 96 valence electrons. The molecule has 0 fully saturated rings. The van der Waals surface area contributed by atoms with Gasteiger partial charge >= 0.3 is 0 Å². The molecule has 0 saturated heterocycles. The first-order valence-corrected chi connectivity index (χ1v) is 5.88. The SMILES string of the molecule is Cn1ccc(-c2noc(C(N)c3ccccc3)n2)n1. The summed E-state index contributed by atoms with van der Waals surface area (Å²) >= 11 is 0. The van der Waals surface area contributed by atoms with Crippen LogP contribution in [0.5, 0.6) is 0 Å². The average Bonchev–Trinajstić information content (AvgIpc) is 3.07. The highest BCUT2D eigenvalue weighted by Crippen LogP contribution is 2.20. The Hall–Kier alpha value is -2.47. The smallest absolute Gasteiger partial charge is 0.248 e. The van der Waals surface area contributed by atoms with Crippen molar-refractivity contribution < 1.29 is 4.52 Å². The van der Waals surface area contributed by atoms with Crippen molar-refractivity contribution >= 4 is 0 Å². The van der Waals surface area contributed by atoms with Crippen molar-refractivity contribution in [3.05, 3.63) is 54.0 Å². The lowest BCUT2D eigenvalue weighted by Crippen LogP contribution is -2.11. The van der Waals surface area contributed by atoms with Gasteiger partial charge in [-0.2, -0.15) is 10.1 Å². The number of benzene rings is 1. The van der Waals surface area contributed by atoms with Gasteiger partial charge in [-0.15, -0.1) is 0 Å². The summed E-state index contributed by atoms with van der Waals surface area (Å²) in [4.78, 5) is 4.29. The largest absolute Gasteiger partial charge is 0.337 e. The molecular weight excluding hydrogens is 242 g/mol. The molecule has 3 rings (SSSR count). The predicted octanol–water partition coefficient (Wildman–Crippen LogP) is 1.52. The van der Waals surface area contributed by atoms with Gasteiger partial charge in [-0.3, -0.25) is 4.68 Å². The van der Waals surface area contributed by atoms with Crippen LogP contribution in [0.4, 0.5) is 0 Å². The van der Waals surface area contributed by atoms with Gasteiger partial charge in [0.05, 0.1) is 0 Å². The number of hydrogen-bond acceptors (Lipinski definition) is 5. The van der Waals surface area contributed by atoms with E-state index in [1.165, 1.54) is 0 Å². The molecule has 0 aliphatic heterocycles. The second-order valence-electron chi connectivity index (χ2n) is 4.22. The lowest BCUT2D eigenvalue weighted by atomic mass is 10.1. The van der Waals surface area contributed by atoms with Crippen molar-refractivity contribution in [1.82, 2.24) is 19.9 Å². The molecule has 6 heteroatoms. The third-order valence-electron chi connectivity index (χ3n) is 2.81. The molecule has 1 aromatic carbocycles. The van der Waals surface area contributed by atoms with E-state index >= 15 is 0 Å². The normalized spacial score (nSPS) is 12.5. The Bertz CT molecular complexity index is 673. The Morgan fingerprint density at radius 2 is 2.00 bits per heavy atom. The number of hydrogen-bond donors (Lipinski definition) is 1.